The Morgan fingerprint density at radius 1 is 1.16 bits per heavy atom. The van der Waals surface area contributed by atoms with Crippen molar-refractivity contribution in [1.82, 2.24) is 0 Å². The summed E-state index contributed by atoms with van der Waals surface area (Å²) in [7, 11) is 1.52. The van der Waals surface area contributed by atoms with Gasteiger partial charge in [0, 0.05) is 12.7 Å². The van der Waals surface area contributed by atoms with Crippen LogP contribution in [0.25, 0.3) is 16.3 Å². The summed E-state index contributed by atoms with van der Waals surface area (Å²) in [6.45, 7) is 0. The van der Waals surface area contributed by atoms with Gasteiger partial charge in [0.2, 0.25) is 6.29 Å². The Balaban J connectivity index is 2.15. The van der Waals surface area contributed by atoms with E-state index < -0.39 is 12.3 Å². The number of ether oxygens (including phenoxy) is 2. The summed E-state index contributed by atoms with van der Waals surface area (Å²) in [4.78, 5) is 11.6. The molecule has 3 rings (SSSR count). The Hall–Kier alpha value is -1.65. The van der Waals surface area contributed by atoms with Gasteiger partial charge in [-0.3, -0.25) is 0 Å². The minimum Gasteiger partial charge on any atom is -0.427 e. The van der Waals surface area contributed by atoms with E-state index in [-0.39, 0.29) is 0 Å². The number of benzene rings is 2. The molecule has 1 unspecified atom stereocenters. The number of carbonyl (C=O) groups excluding carboxylic acids is 1. The third kappa shape index (κ3) is 2.07. The molecule has 2 aromatic rings. The van der Waals surface area contributed by atoms with Gasteiger partial charge in [-0.15, -0.1) is 0 Å². The normalized spacial score (nSPS) is 19.1. The monoisotopic (exact) mass is 318 g/mol. The highest BCUT2D eigenvalue weighted by molar-refractivity contribution is 9.12. The van der Waals surface area contributed by atoms with E-state index in [4.69, 9.17) is 9.47 Å². The molecule has 0 spiro atoms. The van der Waals surface area contributed by atoms with E-state index in [2.05, 4.69) is 15.9 Å². The van der Waals surface area contributed by atoms with Crippen molar-refractivity contribution in [1.29, 1.82) is 0 Å². The molecule has 3 nitrogen and oxygen atoms in total. The Morgan fingerprint density at radius 3 is 2.63 bits per heavy atom. The topological polar surface area (TPSA) is 35.5 Å². The predicted octanol–water partition coefficient (Wildman–Crippen LogP) is 3.48. The Bertz CT molecular complexity index is 691. The van der Waals surface area contributed by atoms with Crippen LogP contribution in [0.15, 0.2) is 46.9 Å². The highest BCUT2D eigenvalue weighted by atomic mass is 79.9. The molecule has 19 heavy (non-hydrogen) atoms. The molecular formula is C15H11BrO3. The number of methoxy groups -OCH3 is 1. The number of hydrogen-bond donors (Lipinski definition) is 0. The van der Waals surface area contributed by atoms with E-state index in [1.54, 1.807) is 0 Å². The van der Waals surface area contributed by atoms with Crippen LogP contribution in [0.5, 0.6) is 0 Å². The van der Waals surface area contributed by atoms with E-state index in [9.17, 15) is 4.79 Å². The first-order valence-electron chi connectivity index (χ1n) is 5.83. The number of fused-ring (bicyclic) bond motifs is 1. The fourth-order valence-corrected chi connectivity index (χ4v) is 2.72. The predicted molar refractivity (Wildman–Crippen MR) is 76.7 cm³/mol. The van der Waals surface area contributed by atoms with Crippen molar-refractivity contribution >= 4 is 38.2 Å². The van der Waals surface area contributed by atoms with Crippen LogP contribution < -0.4 is 0 Å². The number of cyclic esters (lactones) is 1. The van der Waals surface area contributed by atoms with Crippen LogP contribution >= 0.6 is 15.9 Å². The first-order chi connectivity index (χ1) is 9.20. The summed E-state index contributed by atoms with van der Waals surface area (Å²) in [6.07, 6.45) is -0.650. The van der Waals surface area contributed by atoms with Crippen LogP contribution in [0.2, 0.25) is 0 Å². The molecular weight excluding hydrogens is 308 g/mol. The summed E-state index contributed by atoms with van der Waals surface area (Å²) in [5.41, 5.74) is 1.65. The zero-order chi connectivity index (χ0) is 13.4. The lowest BCUT2D eigenvalue weighted by Crippen LogP contribution is -2.13. The van der Waals surface area contributed by atoms with Gasteiger partial charge in [-0.25, -0.2) is 4.79 Å². The van der Waals surface area contributed by atoms with Crippen molar-refractivity contribution < 1.29 is 14.3 Å². The maximum Gasteiger partial charge on any atom is 0.348 e. The van der Waals surface area contributed by atoms with Crippen LogP contribution in [0.4, 0.5) is 0 Å². The lowest BCUT2D eigenvalue weighted by atomic mass is 10.0. The molecule has 1 heterocycles. The molecule has 96 valence electrons. The van der Waals surface area contributed by atoms with E-state index in [0.717, 1.165) is 21.9 Å². The molecule has 0 aliphatic carbocycles. The van der Waals surface area contributed by atoms with Gasteiger partial charge in [-0.1, -0.05) is 36.4 Å². The number of halogens is 1. The van der Waals surface area contributed by atoms with E-state index >= 15 is 0 Å². The maximum atomic E-state index is 11.6. The molecule has 0 saturated heterocycles. The fourth-order valence-electron chi connectivity index (χ4n) is 2.21. The number of carbonyl (C=O) groups is 1. The molecule has 1 aliphatic heterocycles. The minimum atomic E-state index is -0.650. The molecule has 0 amide bonds. The average molecular weight is 319 g/mol. The van der Waals surface area contributed by atoms with Gasteiger partial charge in [-0.05, 0) is 38.3 Å². The van der Waals surface area contributed by atoms with Gasteiger partial charge < -0.3 is 9.47 Å². The Morgan fingerprint density at radius 2 is 1.89 bits per heavy atom. The first-order valence-corrected chi connectivity index (χ1v) is 6.62. The second kappa shape index (κ2) is 4.79. The molecule has 0 bridgehead atoms. The minimum absolute atomic E-state index is 0.394. The van der Waals surface area contributed by atoms with Crippen molar-refractivity contribution in [3.63, 3.8) is 0 Å². The summed E-state index contributed by atoms with van der Waals surface area (Å²) >= 11 is 3.28. The van der Waals surface area contributed by atoms with Crippen molar-refractivity contribution in [2.24, 2.45) is 0 Å². The van der Waals surface area contributed by atoms with Crippen LogP contribution in [-0.2, 0) is 14.3 Å². The third-order valence-electron chi connectivity index (χ3n) is 3.14. The zero-order valence-electron chi connectivity index (χ0n) is 10.2. The maximum absolute atomic E-state index is 11.6. The Kier molecular flexibility index (Phi) is 3.12. The van der Waals surface area contributed by atoms with Gasteiger partial charge in [0.05, 0.1) is 0 Å². The van der Waals surface area contributed by atoms with E-state index in [0.29, 0.717) is 4.48 Å². The van der Waals surface area contributed by atoms with Gasteiger partial charge in [0.25, 0.3) is 0 Å². The second-order valence-corrected chi connectivity index (χ2v) is 5.06. The zero-order valence-corrected chi connectivity index (χ0v) is 11.8. The van der Waals surface area contributed by atoms with Crippen molar-refractivity contribution in [3.8, 4) is 0 Å². The van der Waals surface area contributed by atoms with Crippen molar-refractivity contribution in [2.75, 3.05) is 7.11 Å². The molecule has 4 heteroatoms. The van der Waals surface area contributed by atoms with Crippen LogP contribution in [0.3, 0.4) is 0 Å². The van der Waals surface area contributed by atoms with E-state index in [1.807, 2.05) is 42.5 Å². The smallest absolute Gasteiger partial charge is 0.348 e. The molecule has 1 aliphatic rings. The lowest BCUT2D eigenvalue weighted by molar-refractivity contribution is -0.153. The highest BCUT2D eigenvalue weighted by Crippen LogP contribution is 2.36. The summed E-state index contributed by atoms with van der Waals surface area (Å²) < 4.78 is 10.7. The highest BCUT2D eigenvalue weighted by Gasteiger charge is 2.33. The Labute approximate surface area is 118 Å². The molecule has 0 N–H and O–H groups in total. The first kappa shape index (κ1) is 12.4. The molecule has 0 saturated carbocycles. The quantitative estimate of drug-likeness (QED) is 0.795. The standard InChI is InChI=1S/C15H11BrO3/c1-18-15-12(13(16)14(17)19-15)11-7-6-9-4-2-3-5-10(9)8-11/h2-8,15H,1H3. The number of esters is 1. The fraction of sp³-hybridized carbons (Fsp3) is 0.133. The third-order valence-corrected chi connectivity index (χ3v) is 3.89. The SMILES string of the molecule is COC1OC(=O)C(Br)=C1c1ccc2ccccc2c1. The van der Waals surface area contributed by atoms with Gasteiger partial charge >= 0.3 is 5.97 Å². The molecule has 0 fully saturated rings. The largest absolute Gasteiger partial charge is 0.427 e. The summed E-state index contributed by atoms with van der Waals surface area (Å²) in [6, 6.07) is 14.1. The van der Waals surface area contributed by atoms with Crippen LogP contribution in [-0.4, -0.2) is 19.4 Å². The van der Waals surface area contributed by atoms with Crippen LogP contribution in [0.1, 0.15) is 5.56 Å². The average Bonchev–Trinajstić information content (AvgIpc) is 2.74. The molecule has 2 aromatic carbocycles. The molecule has 0 aromatic heterocycles. The summed E-state index contributed by atoms with van der Waals surface area (Å²) in [5.74, 6) is -0.394. The van der Waals surface area contributed by atoms with Crippen molar-refractivity contribution in [3.05, 3.63) is 52.5 Å². The van der Waals surface area contributed by atoms with Crippen molar-refractivity contribution in [2.45, 2.75) is 6.29 Å². The number of hydrogen-bond acceptors (Lipinski definition) is 3. The lowest BCUT2D eigenvalue weighted by Gasteiger charge is -2.12. The summed E-state index contributed by atoms with van der Waals surface area (Å²) in [5, 5.41) is 2.27. The molecule has 1 atom stereocenters. The second-order valence-electron chi connectivity index (χ2n) is 4.26. The van der Waals surface area contributed by atoms with E-state index in [1.165, 1.54) is 7.11 Å². The van der Waals surface area contributed by atoms with Crippen LogP contribution in [0, 0.1) is 0 Å². The van der Waals surface area contributed by atoms with Gasteiger partial charge in [-0.2, -0.15) is 0 Å². The van der Waals surface area contributed by atoms with Gasteiger partial charge in [0.1, 0.15) is 4.48 Å². The number of rotatable bonds is 2. The molecule has 0 radical (unpaired) electrons. The van der Waals surface area contributed by atoms with Gasteiger partial charge in [0.15, 0.2) is 0 Å².